The standard InChI is InChI=1S/C13H24N4O2/c1-9-6-10(17-16-9)13(5,7-14)8-15-11(18)19-12(2,3)4/h6H,7-8,14H2,1-5H3,(H,15,18)(H,16,17). The van der Waals surface area contributed by atoms with Crippen molar-refractivity contribution in [1.29, 1.82) is 0 Å². The first kappa shape index (κ1) is 15.5. The summed E-state index contributed by atoms with van der Waals surface area (Å²) in [6.45, 7) is 10.1. The van der Waals surface area contributed by atoms with Crippen LogP contribution in [0.3, 0.4) is 0 Å². The van der Waals surface area contributed by atoms with Crippen molar-refractivity contribution in [3.05, 3.63) is 17.5 Å². The summed E-state index contributed by atoms with van der Waals surface area (Å²) in [5.74, 6) is 0. The van der Waals surface area contributed by atoms with Crippen molar-refractivity contribution in [3.63, 3.8) is 0 Å². The summed E-state index contributed by atoms with van der Waals surface area (Å²) < 4.78 is 5.20. The number of rotatable bonds is 4. The smallest absolute Gasteiger partial charge is 0.407 e. The minimum atomic E-state index is -0.508. The fourth-order valence-corrected chi connectivity index (χ4v) is 1.58. The molecule has 4 N–H and O–H groups in total. The van der Waals surface area contributed by atoms with E-state index in [9.17, 15) is 4.79 Å². The summed E-state index contributed by atoms with van der Waals surface area (Å²) in [4.78, 5) is 11.7. The van der Waals surface area contributed by atoms with Gasteiger partial charge in [0.05, 0.1) is 5.69 Å². The van der Waals surface area contributed by atoms with Gasteiger partial charge in [-0.3, -0.25) is 5.10 Å². The number of ether oxygens (including phenoxy) is 1. The molecule has 0 aliphatic heterocycles. The Balaban J connectivity index is 2.65. The normalized spacial score (nSPS) is 14.8. The van der Waals surface area contributed by atoms with Gasteiger partial charge in [-0.1, -0.05) is 6.92 Å². The second-order valence-corrected chi connectivity index (χ2v) is 6.06. The molecule has 6 heteroatoms. The van der Waals surface area contributed by atoms with E-state index in [0.717, 1.165) is 11.4 Å². The molecule has 108 valence electrons. The van der Waals surface area contributed by atoms with Crippen molar-refractivity contribution < 1.29 is 9.53 Å². The average molecular weight is 268 g/mol. The largest absolute Gasteiger partial charge is 0.444 e. The number of hydrogen-bond donors (Lipinski definition) is 3. The fraction of sp³-hybridized carbons (Fsp3) is 0.692. The van der Waals surface area contributed by atoms with Gasteiger partial charge in [0.2, 0.25) is 0 Å². The van der Waals surface area contributed by atoms with Gasteiger partial charge >= 0.3 is 6.09 Å². The highest BCUT2D eigenvalue weighted by atomic mass is 16.6. The number of amides is 1. The van der Waals surface area contributed by atoms with Gasteiger partial charge in [0, 0.05) is 24.2 Å². The van der Waals surface area contributed by atoms with E-state index >= 15 is 0 Å². The molecule has 1 rings (SSSR count). The summed E-state index contributed by atoms with van der Waals surface area (Å²) in [5.41, 5.74) is 6.69. The zero-order chi connectivity index (χ0) is 14.7. The Hall–Kier alpha value is -1.56. The van der Waals surface area contributed by atoms with Crippen molar-refractivity contribution in [3.8, 4) is 0 Å². The Morgan fingerprint density at radius 2 is 2.11 bits per heavy atom. The Kier molecular flexibility index (Phi) is 4.57. The van der Waals surface area contributed by atoms with Crippen molar-refractivity contribution in [1.82, 2.24) is 15.5 Å². The van der Waals surface area contributed by atoms with Gasteiger partial charge < -0.3 is 15.8 Å². The van der Waals surface area contributed by atoms with Gasteiger partial charge in [-0.2, -0.15) is 5.10 Å². The number of hydrogen-bond acceptors (Lipinski definition) is 4. The van der Waals surface area contributed by atoms with Gasteiger partial charge in [-0.05, 0) is 33.8 Å². The van der Waals surface area contributed by atoms with E-state index in [1.165, 1.54) is 0 Å². The van der Waals surface area contributed by atoms with Crippen LogP contribution in [-0.4, -0.2) is 35.0 Å². The van der Waals surface area contributed by atoms with Crippen LogP contribution in [0.1, 0.15) is 39.1 Å². The molecule has 0 aliphatic rings. The molecule has 0 radical (unpaired) electrons. The molecule has 1 aromatic heterocycles. The lowest BCUT2D eigenvalue weighted by Crippen LogP contribution is -2.45. The first-order chi connectivity index (χ1) is 8.66. The first-order valence-electron chi connectivity index (χ1n) is 6.36. The predicted molar refractivity (Wildman–Crippen MR) is 74.0 cm³/mol. The molecule has 1 aromatic rings. The molecule has 1 atom stereocenters. The van der Waals surface area contributed by atoms with Crippen LogP contribution in [-0.2, 0) is 10.2 Å². The maximum atomic E-state index is 11.7. The van der Waals surface area contributed by atoms with E-state index in [-0.39, 0.29) is 0 Å². The van der Waals surface area contributed by atoms with Crippen LogP contribution < -0.4 is 11.1 Å². The molecular weight excluding hydrogens is 244 g/mol. The zero-order valence-electron chi connectivity index (χ0n) is 12.3. The predicted octanol–water partition coefficient (Wildman–Crippen LogP) is 1.46. The number of aromatic amines is 1. The van der Waals surface area contributed by atoms with Crippen molar-refractivity contribution in [2.45, 2.75) is 45.6 Å². The Morgan fingerprint density at radius 3 is 2.53 bits per heavy atom. The van der Waals surface area contributed by atoms with E-state index in [4.69, 9.17) is 10.5 Å². The summed E-state index contributed by atoms with van der Waals surface area (Å²) in [6.07, 6.45) is -0.445. The van der Waals surface area contributed by atoms with Crippen LogP contribution in [0.25, 0.3) is 0 Å². The lowest BCUT2D eigenvalue weighted by molar-refractivity contribution is 0.0516. The third-order valence-electron chi connectivity index (χ3n) is 2.80. The molecule has 0 aliphatic carbocycles. The lowest BCUT2D eigenvalue weighted by atomic mass is 9.86. The second-order valence-electron chi connectivity index (χ2n) is 6.06. The van der Waals surface area contributed by atoms with Gasteiger partial charge in [0.1, 0.15) is 5.60 Å². The van der Waals surface area contributed by atoms with Gasteiger partial charge in [0.25, 0.3) is 0 Å². The molecule has 0 aromatic carbocycles. The van der Waals surface area contributed by atoms with Crippen LogP contribution >= 0.6 is 0 Å². The van der Waals surface area contributed by atoms with E-state index in [2.05, 4.69) is 15.5 Å². The number of aromatic nitrogens is 2. The molecule has 0 spiro atoms. The van der Waals surface area contributed by atoms with E-state index in [1.807, 2.05) is 40.7 Å². The van der Waals surface area contributed by atoms with Crippen LogP contribution in [0.15, 0.2) is 6.07 Å². The molecule has 19 heavy (non-hydrogen) atoms. The molecule has 0 saturated carbocycles. The minimum Gasteiger partial charge on any atom is -0.444 e. The molecule has 1 heterocycles. The van der Waals surface area contributed by atoms with E-state index in [1.54, 1.807) is 0 Å². The number of H-pyrrole nitrogens is 1. The number of nitrogens with one attached hydrogen (secondary N) is 2. The quantitative estimate of drug-likeness (QED) is 0.770. The Labute approximate surface area is 114 Å². The molecule has 0 bridgehead atoms. The number of aryl methyl sites for hydroxylation is 1. The topological polar surface area (TPSA) is 93.0 Å². The first-order valence-corrected chi connectivity index (χ1v) is 6.36. The summed E-state index contributed by atoms with van der Waals surface area (Å²) in [5, 5.41) is 9.84. The third kappa shape index (κ3) is 4.55. The highest BCUT2D eigenvalue weighted by Gasteiger charge is 2.29. The summed E-state index contributed by atoms with van der Waals surface area (Å²) >= 11 is 0. The second kappa shape index (κ2) is 5.61. The highest BCUT2D eigenvalue weighted by Crippen LogP contribution is 2.20. The highest BCUT2D eigenvalue weighted by molar-refractivity contribution is 5.67. The third-order valence-corrected chi connectivity index (χ3v) is 2.80. The molecule has 0 saturated heterocycles. The SMILES string of the molecule is Cc1cc(C(C)(CN)CNC(=O)OC(C)(C)C)n[nH]1. The van der Waals surface area contributed by atoms with Crippen LogP contribution in [0.2, 0.25) is 0 Å². The fourth-order valence-electron chi connectivity index (χ4n) is 1.58. The van der Waals surface area contributed by atoms with Gasteiger partial charge in [-0.15, -0.1) is 0 Å². The number of nitrogens with two attached hydrogens (primary N) is 1. The van der Waals surface area contributed by atoms with Gasteiger partial charge in [-0.25, -0.2) is 4.79 Å². The molecule has 6 nitrogen and oxygen atoms in total. The van der Waals surface area contributed by atoms with E-state index in [0.29, 0.717) is 13.1 Å². The maximum Gasteiger partial charge on any atom is 0.407 e. The van der Waals surface area contributed by atoms with Crippen molar-refractivity contribution in [2.24, 2.45) is 5.73 Å². The molecule has 0 fully saturated rings. The summed E-state index contributed by atoms with van der Waals surface area (Å²) in [7, 11) is 0. The minimum absolute atomic E-state index is 0.378. The number of carbonyl (C=O) groups is 1. The average Bonchev–Trinajstić information content (AvgIpc) is 2.71. The lowest BCUT2D eigenvalue weighted by Gasteiger charge is -2.27. The van der Waals surface area contributed by atoms with Crippen molar-refractivity contribution >= 4 is 6.09 Å². The Bertz CT molecular complexity index is 436. The zero-order valence-corrected chi connectivity index (χ0v) is 12.3. The number of alkyl carbamates (subject to hydrolysis) is 1. The monoisotopic (exact) mass is 268 g/mol. The summed E-state index contributed by atoms with van der Waals surface area (Å²) in [6, 6.07) is 1.93. The van der Waals surface area contributed by atoms with Gasteiger partial charge in [0.15, 0.2) is 0 Å². The maximum absolute atomic E-state index is 11.7. The Morgan fingerprint density at radius 1 is 1.47 bits per heavy atom. The number of carbonyl (C=O) groups excluding carboxylic acids is 1. The molecule has 1 unspecified atom stereocenters. The van der Waals surface area contributed by atoms with Crippen LogP contribution in [0, 0.1) is 6.92 Å². The molecular formula is C13H24N4O2. The number of nitrogens with zero attached hydrogens (tertiary/aromatic N) is 1. The van der Waals surface area contributed by atoms with Crippen LogP contribution in [0.4, 0.5) is 4.79 Å². The van der Waals surface area contributed by atoms with E-state index < -0.39 is 17.1 Å². The van der Waals surface area contributed by atoms with Crippen molar-refractivity contribution in [2.75, 3.05) is 13.1 Å². The molecule has 1 amide bonds. The van der Waals surface area contributed by atoms with Crippen LogP contribution in [0.5, 0.6) is 0 Å².